The summed E-state index contributed by atoms with van der Waals surface area (Å²) in [6, 6.07) is 1.66. The SMILES string of the molecule is C[C@@H]1O[C@@H](OC[C@H]2O[C@@H](O)[C@H](O)[C@@H](O)[C@@H]2O)[C@H](O)[C@H](O)[C@H]1OC(=O)c1cc(O)c(O)c(O)c1. The molecule has 0 radical (unpaired) electrons. The summed E-state index contributed by atoms with van der Waals surface area (Å²) >= 11 is 0. The Morgan fingerprint density at radius 2 is 1.48 bits per heavy atom. The Morgan fingerprint density at radius 1 is 0.879 bits per heavy atom. The Morgan fingerprint density at radius 3 is 2.09 bits per heavy atom. The molecule has 1 aromatic carbocycles. The van der Waals surface area contributed by atoms with Crippen molar-refractivity contribution in [1.29, 1.82) is 0 Å². The highest BCUT2D eigenvalue weighted by atomic mass is 16.7. The Hall–Kier alpha value is -2.27. The molecule has 3 rings (SSSR count). The number of aliphatic hydroxyl groups excluding tert-OH is 6. The first-order chi connectivity index (χ1) is 15.4. The third-order valence-electron chi connectivity index (χ3n) is 5.44. The van der Waals surface area contributed by atoms with Crippen LogP contribution in [0.1, 0.15) is 17.3 Å². The molecule has 0 spiro atoms. The quantitative estimate of drug-likeness (QED) is 0.148. The highest BCUT2D eigenvalue weighted by Gasteiger charge is 2.47. The van der Waals surface area contributed by atoms with Gasteiger partial charge in [-0.25, -0.2) is 4.79 Å². The van der Waals surface area contributed by atoms with Gasteiger partial charge in [-0.15, -0.1) is 0 Å². The van der Waals surface area contributed by atoms with Crippen LogP contribution in [0.5, 0.6) is 17.2 Å². The number of carbonyl (C=O) groups is 1. The van der Waals surface area contributed by atoms with Crippen molar-refractivity contribution >= 4 is 5.97 Å². The highest BCUT2D eigenvalue weighted by molar-refractivity contribution is 5.91. The van der Waals surface area contributed by atoms with Crippen molar-refractivity contribution in [3.05, 3.63) is 17.7 Å². The smallest absolute Gasteiger partial charge is 0.338 e. The zero-order valence-corrected chi connectivity index (χ0v) is 17.2. The molecule has 14 nitrogen and oxygen atoms in total. The maximum absolute atomic E-state index is 12.3. The lowest BCUT2D eigenvalue weighted by atomic mass is 9.98. The molecule has 2 aliphatic heterocycles. The van der Waals surface area contributed by atoms with Gasteiger partial charge in [-0.2, -0.15) is 0 Å². The van der Waals surface area contributed by atoms with E-state index in [9.17, 15) is 50.8 Å². The van der Waals surface area contributed by atoms with Crippen LogP contribution in [0.2, 0.25) is 0 Å². The van der Waals surface area contributed by atoms with Gasteiger partial charge in [0.15, 0.2) is 35.9 Å². The van der Waals surface area contributed by atoms with E-state index in [1.807, 2.05) is 0 Å². The number of benzene rings is 1. The van der Waals surface area contributed by atoms with Crippen LogP contribution in [0.25, 0.3) is 0 Å². The fourth-order valence-electron chi connectivity index (χ4n) is 3.48. The minimum atomic E-state index is -1.79. The van der Waals surface area contributed by atoms with Gasteiger partial charge in [0.05, 0.1) is 18.3 Å². The minimum absolute atomic E-state index is 0.349. The molecule has 0 aromatic heterocycles. The molecular formula is C19H26O14. The predicted molar refractivity (Wildman–Crippen MR) is 102 cm³/mol. The molecule has 9 N–H and O–H groups in total. The van der Waals surface area contributed by atoms with Crippen molar-refractivity contribution in [3.63, 3.8) is 0 Å². The van der Waals surface area contributed by atoms with Gasteiger partial charge in [0, 0.05) is 0 Å². The highest BCUT2D eigenvalue weighted by Crippen LogP contribution is 2.36. The average molecular weight is 478 g/mol. The van der Waals surface area contributed by atoms with Crippen LogP contribution in [0.4, 0.5) is 0 Å². The van der Waals surface area contributed by atoms with Gasteiger partial charge in [0.2, 0.25) is 0 Å². The number of rotatable bonds is 5. The Bertz CT molecular complexity index is 825. The van der Waals surface area contributed by atoms with E-state index in [4.69, 9.17) is 18.9 Å². The lowest BCUT2D eigenvalue weighted by Gasteiger charge is -2.42. The number of aromatic hydroxyl groups is 3. The largest absolute Gasteiger partial charge is 0.504 e. The molecule has 0 aliphatic carbocycles. The average Bonchev–Trinajstić information content (AvgIpc) is 2.77. The monoisotopic (exact) mass is 478 g/mol. The van der Waals surface area contributed by atoms with Crippen LogP contribution >= 0.6 is 0 Å². The van der Waals surface area contributed by atoms with E-state index in [2.05, 4.69) is 0 Å². The second-order valence-electron chi connectivity index (χ2n) is 7.79. The first kappa shape index (κ1) is 25.4. The lowest BCUT2D eigenvalue weighted by molar-refractivity contribution is -0.321. The van der Waals surface area contributed by atoms with Gasteiger partial charge in [0.25, 0.3) is 0 Å². The van der Waals surface area contributed by atoms with Crippen molar-refractivity contribution in [2.45, 2.75) is 68.3 Å². The van der Waals surface area contributed by atoms with E-state index in [1.165, 1.54) is 6.92 Å². The summed E-state index contributed by atoms with van der Waals surface area (Å²) in [4.78, 5) is 12.3. The number of aliphatic hydroxyl groups is 6. The molecule has 1 aromatic rings. The first-order valence-corrected chi connectivity index (χ1v) is 9.89. The van der Waals surface area contributed by atoms with Crippen LogP contribution < -0.4 is 0 Å². The van der Waals surface area contributed by atoms with Crippen LogP contribution in [0.3, 0.4) is 0 Å². The number of phenols is 3. The van der Waals surface area contributed by atoms with E-state index >= 15 is 0 Å². The van der Waals surface area contributed by atoms with Gasteiger partial charge < -0.3 is 64.9 Å². The number of carbonyl (C=O) groups excluding carboxylic acids is 1. The van der Waals surface area contributed by atoms with Gasteiger partial charge in [-0.1, -0.05) is 0 Å². The summed E-state index contributed by atoms with van der Waals surface area (Å²) in [6.07, 6.45) is -15.5. The van der Waals surface area contributed by atoms with E-state index in [0.717, 1.165) is 12.1 Å². The zero-order chi connectivity index (χ0) is 24.6. The van der Waals surface area contributed by atoms with Crippen LogP contribution in [0, 0.1) is 0 Å². The maximum Gasteiger partial charge on any atom is 0.338 e. The lowest BCUT2D eigenvalue weighted by Crippen LogP contribution is -2.61. The molecule has 10 atom stereocenters. The molecule has 2 fully saturated rings. The molecule has 0 bridgehead atoms. The van der Waals surface area contributed by atoms with E-state index in [1.54, 1.807) is 0 Å². The van der Waals surface area contributed by atoms with E-state index in [-0.39, 0.29) is 5.56 Å². The summed E-state index contributed by atoms with van der Waals surface area (Å²) in [5.74, 6) is -3.50. The second-order valence-corrected chi connectivity index (χ2v) is 7.79. The summed E-state index contributed by atoms with van der Waals surface area (Å²) in [5, 5.41) is 87.9. The van der Waals surface area contributed by atoms with Crippen molar-refractivity contribution in [2.75, 3.05) is 6.61 Å². The molecule has 2 saturated heterocycles. The Labute approximate surface area is 186 Å². The third kappa shape index (κ3) is 5.13. The number of hydrogen-bond acceptors (Lipinski definition) is 14. The first-order valence-electron chi connectivity index (χ1n) is 9.89. The van der Waals surface area contributed by atoms with Gasteiger partial charge in [0.1, 0.15) is 36.6 Å². The molecule has 0 unspecified atom stereocenters. The molecule has 186 valence electrons. The maximum atomic E-state index is 12.3. The van der Waals surface area contributed by atoms with Crippen molar-refractivity contribution in [3.8, 4) is 17.2 Å². The topological polar surface area (TPSA) is 236 Å². The number of hydrogen-bond donors (Lipinski definition) is 9. The van der Waals surface area contributed by atoms with E-state index < -0.39 is 91.2 Å². The third-order valence-corrected chi connectivity index (χ3v) is 5.44. The molecule has 2 heterocycles. The fourth-order valence-corrected chi connectivity index (χ4v) is 3.48. The summed E-state index contributed by atoms with van der Waals surface area (Å²) in [6.45, 7) is 0.880. The van der Waals surface area contributed by atoms with Crippen molar-refractivity contribution in [2.24, 2.45) is 0 Å². The minimum Gasteiger partial charge on any atom is -0.504 e. The fraction of sp³-hybridized carbons (Fsp3) is 0.632. The predicted octanol–water partition coefficient (Wildman–Crippen LogP) is -3.39. The van der Waals surface area contributed by atoms with Gasteiger partial charge >= 0.3 is 5.97 Å². The van der Waals surface area contributed by atoms with Gasteiger partial charge in [-0.3, -0.25) is 0 Å². The standard InChI is InChI=1S/C19H26O14/c1-5-16(33-17(28)6-2-7(20)10(22)8(21)3-6)13(25)15(27)19(31-5)30-4-9-11(23)12(24)14(26)18(29)32-9/h2-3,5,9,11-16,18-27,29H,4H2,1H3/t5-,9+,11+,12-,13-,14+,15+,16-,18+,19+/m0/s1. The Kier molecular flexibility index (Phi) is 7.62. The number of esters is 1. The normalized spacial score (nSPS) is 39.2. The molecule has 0 saturated carbocycles. The Balaban J connectivity index is 1.61. The van der Waals surface area contributed by atoms with Crippen LogP contribution in [-0.2, 0) is 18.9 Å². The molecule has 2 aliphatic rings. The number of ether oxygens (including phenoxy) is 4. The van der Waals surface area contributed by atoms with Gasteiger partial charge in [-0.05, 0) is 19.1 Å². The molecule has 33 heavy (non-hydrogen) atoms. The van der Waals surface area contributed by atoms with Crippen molar-refractivity contribution < 1.29 is 69.7 Å². The summed E-state index contributed by atoms with van der Waals surface area (Å²) < 4.78 is 20.8. The summed E-state index contributed by atoms with van der Waals surface area (Å²) in [7, 11) is 0. The zero-order valence-electron chi connectivity index (χ0n) is 17.2. The number of phenolic OH excluding ortho intramolecular Hbond substituents is 3. The van der Waals surface area contributed by atoms with Crippen molar-refractivity contribution in [1.82, 2.24) is 0 Å². The van der Waals surface area contributed by atoms with E-state index in [0.29, 0.717) is 0 Å². The molecule has 14 heteroatoms. The van der Waals surface area contributed by atoms with Crippen LogP contribution in [-0.4, -0.2) is 120 Å². The molecule has 0 amide bonds. The molecular weight excluding hydrogens is 452 g/mol. The second kappa shape index (κ2) is 9.92. The summed E-state index contributed by atoms with van der Waals surface area (Å²) in [5.41, 5.74) is -0.349. The van der Waals surface area contributed by atoms with Crippen LogP contribution in [0.15, 0.2) is 12.1 Å².